The molecule has 2 rings (SSSR count). The lowest BCUT2D eigenvalue weighted by atomic mass is 10.2. The second-order valence-electron chi connectivity index (χ2n) is 4.93. The van der Waals surface area contributed by atoms with Crippen LogP contribution in [0.15, 0.2) is 46.2 Å². The quantitative estimate of drug-likeness (QED) is 0.743. The molecule has 0 aromatic heterocycles. The van der Waals surface area contributed by atoms with E-state index < -0.39 is 15.9 Å². The Balaban J connectivity index is 2.36. The summed E-state index contributed by atoms with van der Waals surface area (Å²) in [5, 5.41) is 7.81. The fourth-order valence-corrected chi connectivity index (χ4v) is 3.31. The molecule has 0 unspecified atom stereocenters. The van der Waals surface area contributed by atoms with Crippen LogP contribution in [0.2, 0.25) is 0 Å². The number of anilines is 1. The molecule has 0 aliphatic rings. The monoisotopic (exact) mass is 382 g/mol. The Hall–Kier alpha value is -2.23. The summed E-state index contributed by atoms with van der Waals surface area (Å²) in [5.74, 6) is 0.0852. The molecule has 2 aromatic rings. The summed E-state index contributed by atoms with van der Waals surface area (Å²) < 4.78 is 33.5. The molecule has 0 atom stereocenters. The summed E-state index contributed by atoms with van der Waals surface area (Å²) in [6.07, 6.45) is 1.92. The molecule has 0 aliphatic carbocycles. The fourth-order valence-electron chi connectivity index (χ4n) is 2.16. The van der Waals surface area contributed by atoms with Crippen LogP contribution in [0.1, 0.15) is 10.4 Å². The summed E-state index contributed by atoms with van der Waals surface area (Å²) in [5.41, 5.74) is 0.596. The van der Waals surface area contributed by atoms with E-state index in [4.69, 9.17) is 14.6 Å². The van der Waals surface area contributed by atoms with E-state index in [2.05, 4.69) is 5.32 Å². The number of methoxy groups -OCH3 is 2. The second-order valence-corrected chi connectivity index (χ2v) is 7.34. The van der Waals surface area contributed by atoms with E-state index in [-0.39, 0.29) is 16.3 Å². The molecular formula is C16H18N2O5S2. The number of carbonyl (C=O) groups excluding carboxylic acids is 1. The molecule has 25 heavy (non-hydrogen) atoms. The van der Waals surface area contributed by atoms with Crippen molar-refractivity contribution in [3.63, 3.8) is 0 Å². The van der Waals surface area contributed by atoms with Crippen LogP contribution in [0.4, 0.5) is 5.69 Å². The number of sulfonamides is 1. The third-order valence-corrected chi connectivity index (χ3v) is 5.04. The van der Waals surface area contributed by atoms with Gasteiger partial charge in [0.05, 0.1) is 19.8 Å². The predicted octanol–water partition coefficient (Wildman–Crippen LogP) is 2.33. The molecule has 3 N–H and O–H groups in total. The minimum Gasteiger partial charge on any atom is -0.496 e. The predicted molar refractivity (Wildman–Crippen MR) is 97.1 cm³/mol. The molecule has 0 heterocycles. The van der Waals surface area contributed by atoms with Crippen molar-refractivity contribution in [2.75, 3.05) is 25.8 Å². The van der Waals surface area contributed by atoms with Crippen LogP contribution in [0.3, 0.4) is 0 Å². The summed E-state index contributed by atoms with van der Waals surface area (Å²) in [4.78, 5) is 13.2. The highest BCUT2D eigenvalue weighted by Gasteiger charge is 2.18. The first-order valence-electron chi connectivity index (χ1n) is 7.04. The third-order valence-electron chi connectivity index (χ3n) is 3.38. The molecule has 0 saturated carbocycles. The Bertz CT molecular complexity index is 897. The average Bonchev–Trinajstić information content (AvgIpc) is 2.60. The minimum atomic E-state index is -3.99. The molecule has 0 spiro atoms. The fraction of sp³-hybridized carbons (Fsp3) is 0.188. The lowest BCUT2D eigenvalue weighted by molar-refractivity contribution is 0.102. The van der Waals surface area contributed by atoms with Crippen LogP contribution < -0.4 is 19.9 Å². The lowest BCUT2D eigenvalue weighted by Crippen LogP contribution is -2.16. The number of hydrogen-bond donors (Lipinski definition) is 2. The van der Waals surface area contributed by atoms with Gasteiger partial charge in [0.25, 0.3) is 5.91 Å². The number of amides is 1. The first-order chi connectivity index (χ1) is 11.8. The van der Waals surface area contributed by atoms with Crippen LogP contribution in [-0.2, 0) is 10.0 Å². The van der Waals surface area contributed by atoms with Gasteiger partial charge in [-0.2, -0.15) is 0 Å². The Morgan fingerprint density at radius 1 is 1.08 bits per heavy atom. The van der Waals surface area contributed by atoms with Gasteiger partial charge in [0, 0.05) is 10.6 Å². The van der Waals surface area contributed by atoms with Gasteiger partial charge < -0.3 is 14.8 Å². The van der Waals surface area contributed by atoms with Crippen molar-refractivity contribution < 1.29 is 22.7 Å². The van der Waals surface area contributed by atoms with Crippen LogP contribution >= 0.6 is 11.8 Å². The van der Waals surface area contributed by atoms with Gasteiger partial charge in [0.2, 0.25) is 10.0 Å². The normalized spacial score (nSPS) is 11.0. The van der Waals surface area contributed by atoms with Crippen LogP contribution in [-0.4, -0.2) is 34.8 Å². The highest BCUT2D eigenvalue weighted by Crippen LogP contribution is 2.28. The third kappa shape index (κ3) is 4.44. The maximum atomic E-state index is 12.5. The molecule has 0 bridgehead atoms. The number of nitrogens with one attached hydrogen (secondary N) is 1. The number of primary sulfonamides is 1. The van der Waals surface area contributed by atoms with E-state index in [0.29, 0.717) is 11.3 Å². The summed E-state index contributed by atoms with van der Waals surface area (Å²) >= 11 is 1.53. The number of thioether (sulfide) groups is 1. The van der Waals surface area contributed by atoms with Gasteiger partial charge in [-0.25, -0.2) is 13.6 Å². The van der Waals surface area contributed by atoms with Crippen molar-refractivity contribution in [2.45, 2.75) is 9.79 Å². The zero-order valence-electron chi connectivity index (χ0n) is 13.9. The summed E-state index contributed by atoms with van der Waals surface area (Å²) in [6.45, 7) is 0. The first kappa shape index (κ1) is 19.1. The molecule has 1 amide bonds. The van der Waals surface area contributed by atoms with E-state index in [0.717, 1.165) is 4.90 Å². The minimum absolute atomic E-state index is 0.0994. The Kier molecular flexibility index (Phi) is 5.93. The number of rotatable bonds is 6. The molecule has 0 saturated heterocycles. The van der Waals surface area contributed by atoms with E-state index in [1.54, 1.807) is 18.2 Å². The second kappa shape index (κ2) is 7.77. The van der Waals surface area contributed by atoms with Gasteiger partial charge in [-0.05, 0) is 42.7 Å². The molecule has 7 nitrogen and oxygen atoms in total. The smallest absolute Gasteiger partial charge is 0.259 e. The molecule has 0 radical (unpaired) electrons. The molecule has 0 aliphatic heterocycles. The molecule has 0 fully saturated rings. The van der Waals surface area contributed by atoms with Gasteiger partial charge in [-0.15, -0.1) is 11.8 Å². The highest BCUT2D eigenvalue weighted by molar-refractivity contribution is 7.98. The Morgan fingerprint density at radius 2 is 1.76 bits per heavy atom. The van der Waals surface area contributed by atoms with Crippen molar-refractivity contribution in [2.24, 2.45) is 5.14 Å². The van der Waals surface area contributed by atoms with Gasteiger partial charge >= 0.3 is 0 Å². The van der Waals surface area contributed by atoms with Crippen LogP contribution in [0.5, 0.6) is 11.5 Å². The summed E-state index contributed by atoms with van der Waals surface area (Å²) in [6, 6.07) is 9.38. The highest BCUT2D eigenvalue weighted by atomic mass is 32.2. The van der Waals surface area contributed by atoms with E-state index >= 15 is 0 Å². The maximum Gasteiger partial charge on any atom is 0.259 e. The van der Waals surface area contributed by atoms with Crippen molar-refractivity contribution in [1.29, 1.82) is 0 Å². The number of nitrogens with two attached hydrogens (primary N) is 1. The van der Waals surface area contributed by atoms with Gasteiger partial charge in [-0.1, -0.05) is 0 Å². The zero-order chi connectivity index (χ0) is 18.6. The van der Waals surface area contributed by atoms with Gasteiger partial charge in [0.15, 0.2) is 0 Å². The molecular weight excluding hydrogens is 364 g/mol. The van der Waals surface area contributed by atoms with Crippen molar-refractivity contribution in [1.82, 2.24) is 0 Å². The van der Waals surface area contributed by atoms with Gasteiger partial charge in [-0.3, -0.25) is 4.79 Å². The number of benzene rings is 2. The molecule has 134 valence electrons. The van der Waals surface area contributed by atoms with Crippen molar-refractivity contribution in [3.8, 4) is 11.5 Å². The molecule has 2 aromatic carbocycles. The molecule has 9 heteroatoms. The standard InChI is InChI=1S/C16H18N2O5S2/c1-22-13-7-4-10(8-15(13)25(17,20)21)18-16(19)12-6-5-11(24-3)9-14(12)23-2/h4-9H,1-3H3,(H,18,19)(H2,17,20,21). The van der Waals surface area contributed by atoms with Crippen LogP contribution in [0, 0.1) is 0 Å². The topological polar surface area (TPSA) is 108 Å². The van der Waals surface area contributed by atoms with Crippen LogP contribution in [0.25, 0.3) is 0 Å². The van der Waals surface area contributed by atoms with Gasteiger partial charge in [0.1, 0.15) is 16.4 Å². The maximum absolute atomic E-state index is 12.5. The Labute approximate surface area is 150 Å². The lowest BCUT2D eigenvalue weighted by Gasteiger charge is -2.12. The van der Waals surface area contributed by atoms with Crippen molar-refractivity contribution in [3.05, 3.63) is 42.0 Å². The summed E-state index contributed by atoms with van der Waals surface area (Å²) in [7, 11) is -1.19. The van der Waals surface area contributed by atoms with Crippen molar-refractivity contribution >= 4 is 33.4 Å². The SMILES string of the molecule is COc1cc(SC)ccc1C(=O)Nc1ccc(OC)c(S(N)(=O)=O)c1. The number of ether oxygens (including phenoxy) is 2. The first-order valence-corrected chi connectivity index (χ1v) is 9.81. The largest absolute Gasteiger partial charge is 0.496 e. The number of hydrogen-bond acceptors (Lipinski definition) is 6. The number of carbonyl (C=O) groups is 1. The Morgan fingerprint density at radius 3 is 2.32 bits per heavy atom. The van der Waals surface area contributed by atoms with E-state index in [1.165, 1.54) is 44.2 Å². The van der Waals surface area contributed by atoms with E-state index in [9.17, 15) is 13.2 Å². The average molecular weight is 382 g/mol. The zero-order valence-corrected chi connectivity index (χ0v) is 15.5. The van der Waals surface area contributed by atoms with E-state index in [1.807, 2.05) is 6.26 Å².